The number of thioether (sulfide) groups is 1. The molecule has 0 radical (unpaired) electrons. The Hall–Kier alpha value is -1.44. The Balaban J connectivity index is 2.78. The molecular weight excluding hydrogens is 272 g/mol. The maximum Gasteiger partial charge on any atom is 0.307 e. The minimum absolute atomic E-state index is 0.0203. The predicted molar refractivity (Wildman–Crippen MR) is 72.8 cm³/mol. The lowest BCUT2D eigenvalue weighted by molar-refractivity contribution is -0.136. The van der Waals surface area contributed by atoms with Crippen molar-refractivity contribution in [2.45, 2.75) is 13.3 Å². The highest BCUT2D eigenvalue weighted by Crippen LogP contribution is 2.18. The fraction of sp³-hybridized carbons (Fsp3) is 0.231. The summed E-state index contributed by atoms with van der Waals surface area (Å²) in [6.45, 7) is 1.49. The summed E-state index contributed by atoms with van der Waals surface area (Å²) in [4.78, 5) is 21.3. The van der Waals surface area contributed by atoms with Crippen LogP contribution in [0.2, 0.25) is 5.02 Å². The van der Waals surface area contributed by atoms with Crippen molar-refractivity contribution in [2.24, 2.45) is 0 Å². The van der Waals surface area contributed by atoms with Crippen molar-refractivity contribution in [3.05, 3.63) is 34.3 Å². The van der Waals surface area contributed by atoms with Gasteiger partial charge in [0, 0.05) is 17.5 Å². The van der Waals surface area contributed by atoms with Crippen LogP contribution in [0.15, 0.2) is 18.2 Å². The lowest BCUT2D eigenvalue weighted by atomic mass is 10.1. The number of carboxylic acids is 1. The summed E-state index contributed by atoms with van der Waals surface area (Å²) in [5.41, 5.74) is 1.23. The van der Waals surface area contributed by atoms with Crippen LogP contribution in [0.25, 0.3) is 0 Å². The van der Waals surface area contributed by atoms with Gasteiger partial charge in [-0.05, 0) is 23.8 Å². The summed E-state index contributed by atoms with van der Waals surface area (Å²) in [6.07, 6.45) is -0.128. The van der Waals surface area contributed by atoms with Gasteiger partial charge in [0.15, 0.2) is 5.12 Å². The first-order valence-electron chi connectivity index (χ1n) is 5.11. The van der Waals surface area contributed by atoms with Gasteiger partial charge in [0.1, 0.15) is 0 Å². The van der Waals surface area contributed by atoms with Gasteiger partial charge in [0.2, 0.25) is 0 Å². The predicted octanol–water partition coefficient (Wildman–Crippen LogP) is 2.60. The van der Waals surface area contributed by atoms with Crippen molar-refractivity contribution in [1.82, 2.24) is 0 Å². The molecule has 0 aromatic heterocycles. The summed E-state index contributed by atoms with van der Waals surface area (Å²) in [5, 5.41) is 9.16. The van der Waals surface area contributed by atoms with E-state index in [0.29, 0.717) is 21.9 Å². The number of rotatable bonds is 3. The molecule has 0 bridgehead atoms. The number of carbonyl (C=O) groups excluding carboxylic acids is 1. The van der Waals surface area contributed by atoms with Crippen LogP contribution < -0.4 is 0 Å². The quantitative estimate of drug-likeness (QED) is 0.866. The number of carboxylic acid groups (broad SMARTS) is 1. The molecule has 0 saturated heterocycles. The summed E-state index contributed by atoms with van der Waals surface area (Å²) in [7, 11) is 0. The van der Waals surface area contributed by atoms with Crippen molar-refractivity contribution in [3.8, 4) is 11.8 Å². The fourth-order valence-electron chi connectivity index (χ4n) is 1.23. The van der Waals surface area contributed by atoms with E-state index in [1.807, 2.05) is 0 Å². The van der Waals surface area contributed by atoms with E-state index in [1.165, 1.54) is 6.92 Å². The third-order valence-corrected chi connectivity index (χ3v) is 3.03. The Bertz CT molecular complexity index is 529. The van der Waals surface area contributed by atoms with Crippen LogP contribution in [0.4, 0.5) is 0 Å². The average Bonchev–Trinajstić information content (AvgIpc) is 2.27. The second-order valence-corrected chi connectivity index (χ2v) is 5.02. The summed E-state index contributed by atoms with van der Waals surface area (Å²) in [6, 6.07) is 5.00. The molecule has 0 atom stereocenters. The van der Waals surface area contributed by atoms with E-state index >= 15 is 0 Å². The first kappa shape index (κ1) is 14.6. The van der Waals surface area contributed by atoms with Crippen molar-refractivity contribution in [2.75, 3.05) is 5.75 Å². The summed E-state index contributed by atoms with van der Waals surface area (Å²) in [5.74, 6) is 5.19. The number of aliphatic carboxylic acids is 1. The molecule has 18 heavy (non-hydrogen) atoms. The van der Waals surface area contributed by atoms with Crippen molar-refractivity contribution < 1.29 is 14.7 Å². The van der Waals surface area contributed by atoms with Crippen LogP contribution in [0.5, 0.6) is 0 Å². The highest BCUT2D eigenvalue weighted by atomic mass is 35.5. The smallest absolute Gasteiger partial charge is 0.307 e. The van der Waals surface area contributed by atoms with Gasteiger partial charge in [-0.15, -0.1) is 0 Å². The van der Waals surface area contributed by atoms with Crippen molar-refractivity contribution in [1.29, 1.82) is 0 Å². The van der Waals surface area contributed by atoms with E-state index in [4.69, 9.17) is 16.7 Å². The largest absolute Gasteiger partial charge is 0.481 e. The van der Waals surface area contributed by atoms with E-state index in [9.17, 15) is 9.59 Å². The Labute approximate surface area is 115 Å². The fourth-order valence-corrected chi connectivity index (χ4v) is 1.76. The molecule has 5 heteroatoms. The van der Waals surface area contributed by atoms with Gasteiger partial charge in [-0.25, -0.2) is 0 Å². The molecule has 1 aromatic rings. The first-order chi connectivity index (χ1) is 8.49. The Morgan fingerprint density at radius 1 is 1.44 bits per heavy atom. The highest BCUT2D eigenvalue weighted by Gasteiger charge is 2.05. The monoisotopic (exact) mass is 282 g/mol. The van der Waals surface area contributed by atoms with Gasteiger partial charge in [0.05, 0.1) is 12.2 Å². The van der Waals surface area contributed by atoms with E-state index in [0.717, 1.165) is 11.8 Å². The first-order valence-corrected chi connectivity index (χ1v) is 6.48. The van der Waals surface area contributed by atoms with Crippen LogP contribution in [0.3, 0.4) is 0 Å². The molecule has 0 aliphatic heterocycles. The molecule has 1 aromatic carbocycles. The molecule has 1 N–H and O–H groups in total. The zero-order valence-electron chi connectivity index (χ0n) is 9.70. The lowest BCUT2D eigenvalue weighted by Crippen LogP contribution is -2.00. The number of hydrogen-bond acceptors (Lipinski definition) is 3. The van der Waals surface area contributed by atoms with E-state index in [1.54, 1.807) is 18.2 Å². The third kappa shape index (κ3) is 5.26. The second kappa shape index (κ2) is 7.10. The van der Waals surface area contributed by atoms with E-state index < -0.39 is 5.97 Å². The van der Waals surface area contributed by atoms with Crippen LogP contribution in [0.1, 0.15) is 18.1 Å². The van der Waals surface area contributed by atoms with E-state index in [2.05, 4.69) is 11.8 Å². The zero-order chi connectivity index (χ0) is 13.5. The minimum atomic E-state index is -0.936. The van der Waals surface area contributed by atoms with Gasteiger partial charge < -0.3 is 5.11 Å². The highest BCUT2D eigenvalue weighted by molar-refractivity contribution is 8.13. The van der Waals surface area contributed by atoms with Gasteiger partial charge in [-0.3, -0.25) is 9.59 Å². The third-order valence-electron chi connectivity index (χ3n) is 1.97. The zero-order valence-corrected chi connectivity index (χ0v) is 11.3. The SMILES string of the molecule is CC(=O)SCC#Cc1ccc(Cl)c(CC(=O)O)c1. The van der Waals surface area contributed by atoms with Crippen LogP contribution >= 0.6 is 23.4 Å². The molecule has 0 saturated carbocycles. The summed E-state index contributed by atoms with van der Waals surface area (Å²) >= 11 is 7.02. The molecule has 94 valence electrons. The Morgan fingerprint density at radius 2 is 2.17 bits per heavy atom. The van der Waals surface area contributed by atoms with Crippen LogP contribution in [0, 0.1) is 11.8 Å². The van der Waals surface area contributed by atoms with Gasteiger partial charge in [0.25, 0.3) is 0 Å². The van der Waals surface area contributed by atoms with E-state index in [-0.39, 0.29) is 11.5 Å². The Morgan fingerprint density at radius 3 is 2.78 bits per heavy atom. The van der Waals surface area contributed by atoms with Gasteiger partial charge >= 0.3 is 5.97 Å². The molecule has 0 aliphatic rings. The van der Waals surface area contributed by atoms with Gasteiger partial charge in [-0.2, -0.15) is 0 Å². The maximum absolute atomic E-state index is 10.7. The lowest BCUT2D eigenvalue weighted by Gasteiger charge is -2.01. The summed E-state index contributed by atoms with van der Waals surface area (Å²) < 4.78 is 0. The molecule has 0 amide bonds. The second-order valence-electron chi connectivity index (χ2n) is 3.46. The molecule has 0 unspecified atom stereocenters. The molecule has 0 fully saturated rings. The molecule has 0 spiro atoms. The topological polar surface area (TPSA) is 54.4 Å². The molecular formula is C13H11ClO3S. The van der Waals surface area contributed by atoms with Gasteiger partial charge in [-0.1, -0.05) is 35.2 Å². The van der Waals surface area contributed by atoms with Crippen molar-refractivity contribution >= 4 is 34.4 Å². The standard InChI is InChI=1S/C13H11ClO3S/c1-9(15)18-6-2-3-10-4-5-12(14)11(7-10)8-13(16)17/h4-5,7H,6,8H2,1H3,(H,16,17). The van der Waals surface area contributed by atoms with Crippen LogP contribution in [-0.4, -0.2) is 21.9 Å². The average molecular weight is 283 g/mol. The minimum Gasteiger partial charge on any atom is -0.481 e. The number of halogens is 1. The molecule has 0 aliphatic carbocycles. The van der Waals surface area contributed by atoms with Crippen molar-refractivity contribution in [3.63, 3.8) is 0 Å². The number of hydrogen-bond donors (Lipinski definition) is 1. The maximum atomic E-state index is 10.7. The molecule has 1 rings (SSSR count). The molecule has 0 heterocycles. The number of benzene rings is 1. The normalized spacial score (nSPS) is 9.44. The van der Waals surface area contributed by atoms with Crippen LogP contribution in [-0.2, 0) is 16.0 Å². The number of carbonyl (C=O) groups is 2. The molecule has 3 nitrogen and oxygen atoms in total. The Kier molecular flexibility index (Phi) is 5.76.